The first-order valence-corrected chi connectivity index (χ1v) is 10.7. The normalized spacial score (nSPS) is 11.4. The van der Waals surface area contributed by atoms with E-state index in [0.717, 1.165) is 27.5 Å². The summed E-state index contributed by atoms with van der Waals surface area (Å²) in [6.07, 6.45) is 0.315. The number of hydrogen-bond acceptors (Lipinski definition) is 3. The van der Waals surface area contributed by atoms with Crippen molar-refractivity contribution in [2.24, 2.45) is 0 Å². The van der Waals surface area contributed by atoms with E-state index in [9.17, 15) is 9.59 Å². The second-order valence-electron chi connectivity index (χ2n) is 7.73. The Kier molecular flexibility index (Phi) is 6.77. The molecule has 4 rings (SSSR count). The highest BCUT2D eigenvalue weighted by Gasteiger charge is 2.22. The molecule has 0 spiro atoms. The van der Waals surface area contributed by atoms with Crippen LogP contribution in [0.5, 0.6) is 0 Å². The molecule has 0 radical (unpaired) electrons. The Morgan fingerprint density at radius 2 is 1.45 bits per heavy atom. The maximum Gasteiger partial charge on any atom is 0.251 e. The molecule has 0 aliphatic rings. The van der Waals surface area contributed by atoms with Gasteiger partial charge in [0.1, 0.15) is 12.6 Å². The molecule has 2 N–H and O–H groups in total. The van der Waals surface area contributed by atoms with E-state index in [4.69, 9.17) is 5.26 Å². The third kappa shape index (κ3) is 5.44. The number of fused-ring (bicyclic) bond motifs is 1. The number of carbonyl (C=O) groups excluding carboxylic acids is 2. The van der Waals surface area contributed by atoms with Crippen LogP contribution in [-0.2, 0) is 11.2 Å². The number of nitrogens with one attached hydrogen (secondary N) is 2. The number of nitriles is 1. The van der Waals surface area contributed by atoms with Crippen molar-refractivity contribution in [3.63, 3.8) is 0 Å². The summed E-state index contributed by atoms with van der Waals surface area (Å²) in [6, 6.07) is 32.2. The SMILES string of the molecule is N#CCNC(=O)[C@H](Cc1ccc2ccccc2c1)NC(=O)c1ccc(-c2ccccc2)cc1. The Bertz CT molecular complexity index is 1310. The van der Waals surface area contributed by atoms with Crippen molar-refractivity contribution >= 4 is 22.6 Å². The van der Waals surface area contributed by atoms with Crippen LogP contribution >= 0.6 is 0 Å². The third-order valence-electron chi connectivity index (χ3n) is 5.47. The van der Waals surface area contributed by atoms with Crippen LogP contribution in [0.3, 0.4) is 0 Å². The van der Waals surface area contributed by atoms with Crippen molar-refractivity contribution in [3.8, 4) is 17.2 Å². The summed E-state index contributed by atoms with van der Waals surface area (Å²) >= 11 is 0. The summed E-state index contributed by atoms with van der Waals surface area (Å²) in [5.41, 5.74) is 3.46. The van der Waals surface area contributed by atoms with Crippen molar-refractivity contribution in [1.82, 2.24) is 10.6 Å². The quantitative estimate of drug-likeness (QED) is 0.422. The molecular weight excluding hydrogens is 410 g/mol. The van der Waals surface area contributed by atoms with Gasteiger partial charge in [-0.1, -0.05) is 84.9 Å². The number of benzene rings is 4. The zero-order valence-electron chi connectivity index (χ0n) is 18.0. The van der Waals surface area contributed by atoms with Gasteiger partial charge in [0.15, 0.2) is 0 Å². The molecule has 0 bridgehead atoms. The molecule has 0 aliphatic carbocycles. The molecule has 4 aromatic rings. The molecule has 33 heavy (non-hydrogen) atoms. The van der Waals surface area contributed by atoms with Crippen LogP contribution in [0.1, 0.15) is 15.9 Å². The number of nitrogens with zero attached hydrogens (tertiary/aromatic N) is 1. The Morgan fingerprint density at radius 1 is 0.788 bits per heavy atom. The van der Waals surface area contributed by atoms with Gasteiger partial charge < -0.3 is 10.6 Å². The molecule has 0 unspecified atom stereocenters. The van der Waals surface area contributed by atoms with Crippen molar-refractivity contribution in [3.05, 3.63) is 108 Å². The van der Waals surface area contributed by atoms with Crippen molar-refractivity contribution < 1.29 is 9.59 Å². The fourth-order valence-corrected chi connectivity index (χ4v) is 3.75. The molecule has 5 nitrogen and oxygen atoms in total. The monoisotopic (exact) mass is 433 g/mol. The highest BCUT2D eigenvalue weighted by Crippen LogP contribution is 2.20. The highest BCUT2D eigenvalue weighted by atomic mass is 16.2. The maximum atomic E-state index is 12.9. The molecule has 2 amide bonds. The van der Waals surface area contributed by atoms with Crippen LogP contribution in [0.4, 0.5) is 0 Å². The van der Waals surface area contributed by atoms with E-state index in [1.165, 1.54) is 0 Å². The largest absolute Gasteiger partial charge is 0.341 e. The second-order valence-corrected chi connectivity index (χ2v) is 7.73. The van der Waals surface area contributed by atoms with Gasteiger partial charge >= 0.3 is 0 Å². The molecule has 0 aliphatic heterocycles. The first-order chi connectivity index (χ1) is 16.1. The van der Waals surface area contributed by atoms with Crippen molar-refractivity contribution in [2.75, 3.05) is 6.54 Å². The Morgan fingerprint density at radius 3 is 2.18 bits per heavy atom. The minimum atomic E-state index is -0.805. The molecule has 0 saturated heterocycles. The number of carbonyl (C=O) groups is 2. The Balaban J connectivity index is 1.52. The van der Waals surface area contributed by atoms with E-state index >= 15 is 0 Å². The fraction of sp³-hybridized carbons (Fsp3) is 0.107. The molecule has 162 valence electrons. The van der Waals surface area contributed by atoms with E-state index in [-0.39, 0.29) is 18.4 Å². The summed E-state index contributed by atoms with van der Waals surface area (Å²) in [5, 5.41) is 16.4. The first-order valence-electron chi connectivity index (χ1n) is 10.7. The number of amides is 2. The zero-order valence-corrected chi connectivity index (χ0v) is 18.0. The summed E-state index contributed by atoms with van der Waals surface area (Å²) in [5.74, 6) is -0.730. The lowest BCUT2D eigenvalue weighted by molar-refractivity contribution is -0.122. The zero-order chi connectivity index (χ0) is 23.0. The fourth-order valence-electron chi connectivity index (χ4n) is 3.75. The van der Waals surface area contributed by atoms with Gasteiger partial charge in [0.05, 0.1) is 6.07 Å². The molecule has 1 atom stereocenters. The summed E-state index contributed by atoms with van der Waals surface area (Å²) in [6.45, 7) is -0.116. The van der Waals surface area contributed by atoms with Crippen LogP contribution in [-0.4, -0.2) is 24.4 Å². The van der Waals surface area contributed by atoms with E-state index in [1.54, 1.807) is 12.1 Å². The van der Waals surface area contributed by atoms with Gasteiger partial charge in [-0.15, -0.1) is 0 Å². The molecule has 0 aromatic heterocycles. The molecule has 5 heteroatoms. The summed E-state index contributed by atoms with van der Waals surface area (Å²) in [4.78, 5) is 25.6. The average Bonchev–Trinajstić information content (AvgIpc) is 2.87. The average molecular weight is 434 g/mol. The predicted molar refractivity (Wildman–Crippen MR) is 129 cm³/mol. The van der Waals surface area contributed by atoms with Crippen LogP contribution in [0.2, 0.25) is 0 Å². The van der Waals surface area contributed by atoms with Gasteiger partial charge in [-0.3, -0.25) is 9.59 Å². The smallest absolute Gasteiger partial charge is 0.251 e. The summed E-state index contributed by atoms with van der Waals surface area (Å²) in [7, 11) is 0. The van der Waals surface area contributed by atoms with Crippen molar-refractivity contribution in [1.29, 1.82) is 5.26 Å². The van der Waals surface area contributed by atoms with Crippen LogP contribution < -0.4 is 10.6 Å². The first kappa shape index (κ1) is 21.8. The van der Waals surface area contributed by atoms with Gasteiger partial charge in [-0.05, 0) is 39.6 Å². The van der Waals surface area contributed by atoms with Crippen LogP contribution in [0, 0.1) is 11.3 Å². The molecule has 4 aromatic carbocycles. The molecule has 0 saturated carbocycles. The maximum absolute atomic E-state index is 12.9. The number of rotatable bonds is 7. The lowest BCUT2D eigenvalue weighted by Gasteiger charge is -2.18. The summed E-state index contributed by atoms with van der Waals surface area (Å²) < 4.78 is 0. The van der Waals surface area contributed by atoms with E-state index in [2.05, 4.69) is 10.6 Å². The van der Waals surface area contributed by atoms with Crippen LogP contribution in [0.15, 0.2) is 97.1 Å². The third-order valence-corrected chi connectivity index (χ3v) is 5.47. The minimum Gasteiger partial charge on any atom is -0.341 e. The van der Waals surface area contributed by atoms with Gasteiger partial charge in [0, 0.05) is 12.0 Å². The van der Waals surface area contributed by atoms with E-state index in [0.29, 0.717) is 12.0 Å². The minimum absolute atomic E-state index is 0.116. The van der Waals surface area contributed by atoms with Gasteiger partial charge in [-0.2, -0.15) is 5.26 Å². The lowest BCUT2D eigenvalue weighted by Crippen LogP contribution is -2.48. The molecule has 0 fully saturated rings. The van der Waals surface area contributed by atoms with Gasteiger partial charge in [-0.25, -0.2) is 0 Å². The predicted octanol–water partition coefficient (Wildman–Crippen LogP) is 4.49. The Labute approximate surface area is 192 Å². The van der Waals surface area contributed by atoms with Crippen molar-refractivity contribution in [2.45, 2.75) is 12.5 Å². The van der Waals surface area contributed by atoms with E-state index in [1.807, 2.05) is 91.0 Å². The van der Waals surface area contributed by atoms with Crippen LogP contribution in [0.25, 0.3) is 21.9 Å². The Hall–Kier alpha value is -4.43. The van der Waals surface area contributed by atoms with Gasteiger partial charge in [0.2, 0.25) is 5.91 Å². The molecular formula is C28H23N3O2. The second kappa shape index (κ2) is 10.3. The lowest BCUT2D eigenvalue weighted by atomic mass is 10.0. The molecule has 0 heterocycles. The number of hydrogen-bond donors (Lipinski definition) is 2. The van der Waals surface area contributed by atoms with Gasteiger partial charge in [0.25, 0.3) is 5.91 Å². The highest BCUT2D eigenvalue weighted by molar-refractivity contribution is 5.98. The standard InChI is InChI=1S/C28H23N3O2/c29-16-17-30-28(33)26(19-20-10-11-22-8-4-5-9-25(22)18-20)31-27(32)24-14-12-23(13-15-24)21-6-2-1-3-7-21/h1-15,18,26H,17,19H2,(H,30,33)(H,31,32)/t26-/m0/s1. The van der Waals surface area contributed by atoms with E-state index < -0.39 is 6.04 Å². The topological polar surface area (TPSA) is 82.0 Å².